The van der Waals surface area contributed by atoms with E-state index in [9.17, 15) is 4.79 Å². The molecular formula is C19H26N4O2. The minimum atomic E-state index is 0.199. The standard InChI is InChI=1S/C19H26N4O2/c1-14(2)19-20-17(21-25-19)13-22-8-10-23(11-9-22)18(24)12-16-6-4-15(3)5-7-16/h4-7,14H,8-13H2,1-3H3. The van der Waals surface area contributed by atoms with E-state index in [4.69, 9.17) is 4.52 Å². The highest BCUT2D eigenvalue weighted by molar-refractivity contribution is 5.78. The van der Waals surface area contributed by atoms with Crippen molar-refractivity contribution in [3.05, 3.63) is 47.1 Å². The van der Waals surface area contributed by atoms with Gasteiger partial charge in [0, 0.05) is 32.1 Å². The van der Waals surface area contributed by atoms with Crippen LogP contribution in [0.3, 0.4) is 0 Å². The number of piperazine rings is 1. The first-order valence-corrected chi connectivity index (χ1v) is 8.89. The van der Waals surface area contributed by atoms with Crippen LogP contribution in [0.25, 0.3) is 0 Å². The van der Waals surface area contributed by atoms with Crippen LogP contribution in [-0.4, -0.2) is 52.0 Å². The number of rotatable bonds is 5. The highest BCUT2D eigenvalue weighted by Crippen LogP contribution is 2.13. The van der Waals surface area contributed by atoms with Crippen molar-refractivity contribution in [1.82, 2.24) is 19.9 Å². The zero-order valence-electron chi connectivity index (χ0n) is 15.2. The number of aryl methyl sites for hydroxylation is 1. The summed E-state index contributed by atoms with van der Waals surface area (Å²) in [5.41, 5.74) is 2.29. The second kappa shape index (κ2) is 7.78. The van der Waals surface area contributed by atoms with E-state index >= 15 is 0 Å². The van der Waals surface area contributed by atoms with E-state index in [0.29, 0.717) is 18.9 Å². The molecule has 0 spiro atoms. The van der Waals surface area contributed by atoms with Crippen LogP contribution in [0.5, 0.6) is 0 Å². The molecule has 1 aromatic carbocycles. The predicted octanol–water partition coefficient (Wildman–Crippen LogP) is 2.39. The fourth-order valence-corrected chi connectivity index (χ4v) is 2.91. The summed E-state index contributed by atoms with van der Waals surface area (Å²) in [5, 5.41) is 4.04. The number of nitrogens with zero attached hydrogens (tertiary/aromatic N) is 4. The van der Waals surface area contributed by atoms with Crippen molar-refractivity contribution in [3.63, 3.8) is 0 Å². The first kappa shape index (κ1) is 17.6. The Balaban J connectivity index is 1.47. The molecule has 6 nitrogen and oxygen atoms in total. The molecule has 6 heteroatoms. The van der Waals surface area contributed by atoms with E-state index in [1.54, 1.807) is 0 Å². The van der Waals surface area contributed by atoms with Gasteiger partial charge in [-0.05, 0) is 12.5 Å². The summed E-state index contributed by atoms with van der Waals surface area (Å²) in [5.74, 6) is 1.85. The maximum absolute atomic E-state index is 12.5. The van der Waals surface area contributed by atoms with Crippen LogP contribution in [0, 0.1) is 6.92 Å². The second-order valence-corrected chi connectivity index (χ2v) is 7.02. The van der Waals surface area contributed by atoms with Gasteiger partial charge in [0.2, 0.25) is 11.8 Å². The summed E-state index contributed by atoms with van der Waals surface area (Å²) < 4.78 is 5.25. The molecule has 134 valence electrons. The summed E-state index contributed by atoms with van der Waals surface area (Å²) >= 11 is 0. The number of amides is 1. The highest BCUT2D eigenvalue weighted by atomic mass is 16.5. The molecular weight excluding hydrogens is 316 g/mol. The fourth-order valence-electron chi connectivity index (χ4n) is 2.91. The average Bonchev–Trinajstić information content (AvgIpc) is 3.06. The fraction of sp³-hybridized carbons (Fsp3) is 0.526. The molecule has 25 heavy (non-hydrogen) atoms. The van der Waals surface area contributed by atoms with Crippen molar-refractivity contribution in [3.8, 4) is 0 Å². The van der Waals surface area contributed by atoms with Crippen LogP contribution in [0.4, 0.5) is 0 Å². The van der Waals surface area contributed by atoms with E-state index < -0.39 is 0 Å². The molecule has 1 saturated heterocycles. The number of carbonyl (C=O) groups is 1. The summed E-state index contributed by atoms with van der Waals surface area (Å²) in [6, 6.07) is 8.17. The van der Waals surface area contributed by atoms with Gasteiger partial charge < -0.3 is 9.42 Å². The van der Waals surface area contributed by atoms with Crippen molar-refractivity contribution < 1.29 is 9.32 Å². The number of aromatic nitrogens is 2. The summed E-state index contributed by atoms with van der Waals surface area (Å²) in [7, 11) is 0. The molecule has 1 aliphatic heterocycles. The Morgan fingerprint density at radius 1 is 1.16 bits per heavy atom. The van der Waals surface area contributed by atoms with Gasteiger partial charge in [-0.3, -0.25) is 9.69 Å². The van der Waals surface area contributed by atoms with Crippen LogP contribution in [0.15, 0.2) is 28.8 Å². The van der Waals surface area contributed by atoms with Crippen LogP contribution in [0.2, 0.25) is 0 Å². The third-order valence-corrected chi connectivity index (χ3v) is 4.54. The van der Waals surface area contributed by atoms with Crippen molar-refractivity contribution in [2.24, 2.45) is 0 Å². The minimum absolute atomic E-state index is 0.199. The Bertz CT molecular complexity index is 700. The van der Waals surface area contributed by atoms with E-state index in [0.717, 1.165) is 37.6 Å². The van der Waals surface area contributed by atoms with Crippen LogP contribution in [0.1, 0.15) is 42.6 Å². The largest absolute Gasteiger partial charge is 0.340 e. The lowest BCUT2D eigenvalue weighted by Gasteiger charge is -2.34. The third kappa shape index (κ3) is 4.66. The smallest absolute Gasteiger partial charge is 0.229 e. The van der Waals surface area contributed by atoms with Gasteiger partial charge in [-0.15, -0.1) is 0 Å². The molecule has 0 aliphatic carbocycles. The van der Waals surface area contributed by atoms with Gasteiger partial charge in [-0.25, -0.2) is 0 Å². The van der Waals surface area contributed by atoms with E-state index in [1.807, 2.05) is 30.9 Å². The molecule has 1 aromatic heterocycles. The molecule has 2 aromatic rings. The molecule has 0 unspecified atom stereocenters. The van der Waals surface area contributed by atoms with E-state index in [2.05, 4.69) is 34.1 Å². The van der Waals surface area contributed by atoms with Crippen LogP contribution >= 0.6 is 0 Å². The summed E-state index contributed by atoms with van der Waals surface area (Å²) in [4.78, 5) is 21.1. The van der Waals surface area contributed by atoms with Crippen molar-refractivity contribution >= 4 is 5.91 Å². The molecule has 1 aliphatic rings. The zero-order chi connectivity index (χ0) is 17.8. The van der Waals surface area contributed by atoms with Crippen molar-refractivity contribution in [1.29, 1.82) is 0 Å². The normalized spacial score (nSPS) is 15.8. The Labute approximate surface area is 148 Å². The van der Waals surface area contributed by atoms with Crippen molar-refractivity contribution in [2.75, 3.05) is 26.2 Å². The quantitative estimate of drug-likeness (QED) is 0.835. The van der Waals surface area contributed by atoms with Gasteiger partial charge in [0.1, 0.15) is 0 Å². The lowest BCUT2D eigenvalue weighted by atomic mass is 10.1. The summed E-state index contributed by atoms with van der Waals surface area (Å²) in [6.45, 7) is 9.98. The number of carbonyl (C=O) groups excluding carboxylic acids is 1. The molecule has 0 radical (unpaired) electrons. The van der Waals surface area contributed by atoms with Gasteiger partial charge in [-0.1, -0.05) is 48.8 Å². The number of hydrogen-bond donors (Lipinski definition) is 0. The molecule has 0 bridgehead atoms. The van der Waals surface area contributed by atoms with Gasteiger partial charge in [0.05, 0.1) is 13.0 Å². The molecule has 3 rings (SSSR count). The SMILES string of the molecule is Cc1ccc(CC(=O)N2CCN(Cc3noc(C(C)C)n3)CC2)cc1. The molecule has 0 atom stereocenters. The van der Waals surface area contributed by atoms with Gasteiger partial charge >= 0.3 is 0 Å². The summed E-state index contributed by atoms with van der Waals surface area (Å²) in [6.07, 6.45) is 0.475. The zero-order valence-corrected chi connectivity index (χ0v) is 15.2. The Kier molecular flexibility index (Phi) is 5.48. The molecule has 1 fully saturated rings. The maximum Gasteiger partial charge on any atom is 0.229 e. The topological polar surface area (TPSA) is 62.5 Å². The minimum Gasteiger partial charge on any atom is -0.340 e. The number of benzene rings is 1. The average molecular weight is 342 g/mol. The monoisotopic (exact) mass is 342 g/mol. The highest BCUT2D eigenvalue weighted by Gasteiger charge is 2.22. The van der Waals surface area contributed by atoms with Crippen molar-refractivity contribution in [2.45, 2.75) is 39.7 Å². The van der Waals surface area contributed by atoms with Crippen LogP contribution < -0.4 is 0 Å². The predicted molar refractivity (Wildman–Crippen MR) is 95.1 cm³/mol. The lowest BCUT2D eigenvalue weighted by Crippen LogP contribution is -2.48. The third-order valence-electron chi connectivity index (χ3n) is 4.54. The molecule has 2 heterocycles. The first-order chi connectivity index (χ1) is 12.0. The molecule has 1 amide bonds. The first-order valence-electron chi connectivity index (χ1n) is 8.89. The van der Waals surface area contributed by atoms with Gasteiger partial charge in [0.25, 0.3) is 0 Å². The lowest BCUT2D eigenvalue weighted by molar-refractivity contribution is -0.132. The van der Waals surface area contributed by atoms with Gasteiger partial charge in [0.15, 0.2) is 5.82 Å². The van der Waals surface area contributed by atoms with E-state index in [1.165, 1.54) is 5.56 Å². The Morgan fingerprint density at radius 2 is 1.84 bits per heavy atom. The van der Waals surface area contributed by atoms with Gasteiger partial charge in [-0.2, -0.15) is 4.98 Å². The molecule has 0 saturated carbocycles. The maximum atomic E-state index is 12.5. The second-order valence-electron chi connectivity index (χ2n) is 7.02. The number of hydrogen-bond acceptors (Lipinski definition) is 5. The Hall–Kier alpha value is -2.21. The Morgan fingerprint density at radius 3 is 2.44 bits per heavy atom. The van der Waals surface area contributed by atoms with Crippen LogP contribution in [-0.2, 0) is 17.8 Å². The molecule has 0 N–H and O–H groups in total. The van der Waals surface area contributed by atoms with E-state index in [-0.39, 0.29) is 11.8 Å².